The number of carbonyl (C=O) groups excluding carboxylic acids is 1. The van der Waals surface area contributed by atoms with Crippen molar-refractivity contribution in [3.05, 3.63) is 29.6 Å². The predicted octanol–water partition coefficient (Wildman–Crippen LogP) is 3.36. The number of anilines is 1. The number of amides is 1. The Balaban J connectivity index is 1.98. The summed E-state index contributed by atoms with van der Waals surface area (Å²) in [5, 5.41) is 6.12. The molecule has 1 aromatic heterocycles. The molecule has 1 aromatic carbocycles. The van der Waals surface area contributed by atoms with Crippen LogP contribution in [0.4, 0.5) is 5.69 Å². The standard InChI is InChI=1S/C14H18N2OS/c1-14(2,15)7-5-13(17)16-11-3-4-12-10(9-11)6-8-18-12/h3-4,6,8-9H,5,7,15H2,1-2H3,(H,16,17). The van der Waals surface area contributed by atoms with Gasteiger partial charge in [0.15, 0.2) is 0 Å². The molecule has 0 fully saturated rings. The minimum absolute atomic E-state index is 0.0168. The molecule has 0 unspecified atom stereocenters. The van der Waals surface area contributed by atoms with Gasteiger partial charge in [0.05, 0.1) is 0 Å². The minimum Gasteiger partial charge on any atom is -0.326 e. The van der Waals surface area contributed by atoms with E-state index in [1.807, 2.05) is 37.4 Å². The summed E-state index contributed by atoms with van der Waals surface area (Å²) in [6.07, 6.45) is 1.13. The molecule has 1 amide bonds. The Labute approximate surface area is 111 Å². The normalized spacial score (nSPS) is 11.7. The van der Waals surface area contributed by atoms with E-state index in [2.05, 4.69) is 11.4 Å². The largest absolute Gasteiger partial charge is 0.326 e. The van der Waals surface area contributed by atoms with Crippen LogP contribution >= 0.6 is 11.3 Å². The van der Waals surface area contributed by atoms with Gasteiger partial charge in [-0.15, -0.1) is 11.3 Å². The van der Waals surface area contributed by atoms with Gasteiger partial charge in [-0.1, -0.05) is 0 Å². The molecule has 0 bridgehead atoms. The second-order valence-electron chi connectivity index (χ2n) is 5.21. The molecule has 0 atom stereocenters. The number of benzene rings is 1. The van der Waals surface area contributed by atoms with Crippen molar-refractivity contribution in [3.63, 3.8) is 0 Å². The van der Waals surface area contributed by atoms with Crippen molar-refractivity contribution in [2.24, 2.45) is 5.73 Å². The summed E-state index contributed by atoms with van der Waals surface area (Å²) in [5.74, 6) is 0.0168. The Hall–Kier alpha value is -1.39. The maximum Gasteiger partial charge on any atom is 0.224 e. The minimum atomic E-state index is -0.297. The zero-order valence-electron chi connectivity index (χ0n) is 10.7. The van der Waals surface area contributed by atoms with E-state index < -0.39 is 0 Å². The van der Waals surface area contributed by atoms with Crippen LogP contribution in [0.3, 0.4) is 0 Å². The molecule has 0 aliphatic rings. The Kier molecular flexibility index (Phi) is 3.68. The number of hydrogen-bond acceptors (Lipinski definition) is 3. The van der Waals surface area contributed by atoms with Crippen LogP contribution in [-0.4, -0.2) is 11.4 Å². The second-order valence-corrected chi connectivity index (χ2v) is 6.16. The molecule has 0 saturated heterocycles. The number of rotatable bonds is 4. The van der Waals surface area contributed by atoms with Crippen molar-refractivity contribution in [3.8, 4) is 0 Å². The highest BCUT2D eigenvalue weighted by atomic mass is 32.1. The van der Waals surface area contributed by atoms with Crippen LogP contribution < -0.4 is 11.1 Å². The molecular weight excluding hydrogens is 244 g/mol. The van der Waals surface area contributed by atoms with Crippen LogP contribution in [0.1, 0.15) is 26.7 Å². The summed E-state index contributed by atoms with van der Waals surface area (Å²) in [7, 11) is 0. The van der Waals surface area contributed by atoms with E-state index >= 15 is 0 Å². The molecule has 1 heterocycles. The molecule has 3 N–H and O–H groups in total. The van der Waals surface area contributed by atoms with E-state index in [4.69, 9.17) is 5.73 Å². The molecule has 3 nitrogen and oxygen atoms in total. The average molecular weight is 262 g/mol. The highest BCUT2D eigenvalue weighted by Gasteiger charge is 2.13. The van der Waals surface area contributed by atoms with Gasteiger partial charge in [-0.2, -0.15) is 0 Å². The zero-order valence-corrected chi connectivity index (χ0v) is 11.5. The lowest BCUT2D eigenvalue weighted by molar-refractivity contribution is -0.116. The fourth-order valence-electron chi connectivity index (χ4n) is 1.70. The average Bonchev–Trinajstić information content (AvgIpc) is 2.72. The first kappa shape index (κ1) is 13.1. The number of nitrogens with one attached hydrogen (secondary N) is 1. The lowest BCUT2D eigenvalue weighted by Gasteiger charge is -2.17. The maximum absolute atomic E-state index is 11.8. The van der Waals surface area contributed by atoms with Gasteiger partial charge in [-0.05, 0) is 55.3 Å². The summed E-state index contributed by atoms with van der Waals surface area (Å²) in [6.45, 7) is 3.86. The lowest BCUT2D eigenvalue weighted by Crippen LogP contribution is -2.33. The Morgan fingerprint density at radius 3 is 2.89 bits per heavy atom. The number of carbonyl (C=O) groups is 1. The highest BCUT2D eigenvalue weighted by Crippen LogP contribution is 2.24. The summed E-state index contributed by atoms with van der Waals surface area (Å²) in [4.78, 5) is 11.8. The zero-order chi connectivity index (χ0) is 13.2. The Bertz CT molecular complexity index is 554. The molecular formula is C14H18N2OS. The molecule has 18 heavy (non-hydrogen) atoms. The third-order valence-corrected chi connectivity index (χ3v) is 3.63. The summed E-state index contributed by atoms with van der Waals surface area (Å²) in [5.41, 5.74) is 6.41. The molecule has 0 aliphatic carbocycles. The van der Waals surface area contributed by atoms with Gasteiger partial charge in [-0.3, -0.25) is 4.79 Å². The molecule has 2 rings (SSSR count). The maximum atomic E-state index is 11.8. The van der Waals surface area contributed by atoms with Crippen LogP contribution in [0.15, 0.2) is 29.6 Å². The highest BCUT2D eigenvalue weighted by molar-refractivity contribution is 7.17. The molecule has 0 saturated carbocycles. The molecule has 0 spiro atoms. The third kappa shape index (κ3) is 3.55. The SMILES string of the molecule is CC(C)(N)CCC(=O)Nc1ccc2sccc2c1. The first-order valence-corrected chi connectivity index (χ1v) is 6.88. The van der Waals surface area contributed by atoms with Gasteiger partial charge >= 0.3 is 0 Å². The van der Waals surface area contributed by atoms with Gasteiger partial charge in [0.25, 0.3) is 0 Å². The van der Waals surface area contributed by atoms with E-state index in [0.717, 1.165) is 11.1 Å². The van der Waals surface area contributed by atoms with Crippen molar-refractivity contribution in [2.75, 3.05) is 5.32 Å². The van der Waals surface area contributed by atoms with Crippen LogP contribution in [0.2, 0.25) is 0 Å². The molecule has 0 aliphatic heterocycles. The van der Waals surface area contributed by atoms with Crippen molar-refractivity contribution < 1.29 is 4.79 Å². The van der Waals surface area contributed by atoms with Gasteiger partial charge in [0.1, 0.15) is 0 Å². The van der Waals surface area contributed by atoms with E-state index in [1.165, 1.54) is 4.70 Å². The predicted molar refractivity (Wildman–Crippen MR) is 78.0 cm³/mol. The van der Waals surface area contributed by atoms with Crippen LogP contribution in [0, 0.1) is 0 Å². The van der Waals surface area contributed by atoms with Crippen molar-refractivity contribution in [1.29, 1.82) is 0 Å². The third-order valence-electron chi connectivity index (χ3n) is 2.73. The van der Waals surface area contributed by atoms with Crippen molar-refractivity contribution in [2.45, 2.75) is 32.2 Å². The first-order valence-electron chi connectivity index (χ1n) is 6.00. The summed E-state index contributed by atoms with van der Waals surface area (Å²) >= 11 is 1.70. The monoisotopic (exact) mass is 262 g/mol. The van der Waals surface area contributed by atoms with Crippen molar-refractivity contribution in [1.82, 2.24) is 0 Å². The van der Waals surface area contributed by atoms with Gasteiger partial charge < -0.3 is 11.1 Å². The van der Waals surface area contributed by atoms with Crippen LogP contribution in [0.25, 0.3) is 10.1 Å². The Morgan fingerprint density at radius 1 is 1.39 bits per heavy atom. The molecule has 96 valence electrons. The molecule has 2 aromatic rings. The van der Waals surface area contributed by atoms with E-state index in [-0.39, 0.29) is 11.4 Å². The number of fused-ring (bicyclic) bond motifs is 1. The van der Waals surface area contributed by atoms with E-state index in [1.54, 1.807) is 11.3 Å². The Morgan fingerprint density at radius 2 is 2.17 bits per heavy atom. The summed E-state index contributed by atoms with van der Waals surface area (Å²) in [6, 6.07) is 8.02. The quantitative estimate of drug-likeness (QED) is 0.887. The van der Waals surface area contributed by atoms with Gasteiger partial charge in [0, 0.05) is 22.3 Å². The summed E-state index contributed by atoms with van der Waals surface area (Å²) < 4.78 is 1.23. The van der Waals surface area contributed by atoms with Crippen molar-refractivity contribution >= 4 is 33.0 Å². The number of thiophene rings is 1. The topological polar surface area (TPSA) is 55.1 Å². The van der Waals surface area contributed by atoms with Gasteiger partial charge in [0.2, 0.25) is 5.91 Å². The second kappa shape index (κ2) is 5.08. The molecule has 0 radical (unpaired) electrons. The van der Waals surface area contributed by atoms with E-state index in [0.29, 0.717) is 12.8 Å². The molecule has 4 heteroatoms. The smallest absolute Gasteiger partial charge is 0.224 e. The fourth-order valence-corrected chi connectivity index (χ4v) is 2.47. The fraction of sp³-hybridized carbons (Fsp3) is 0.357. The van der Waals surface area contributed by atoms with Crippen LogP contribution in [0.5, 0.6) is 0 Å². The van der Waals surface area contributed by atoms with E-state index in [9.17, 15) is 4.79 Å². The number of hydrogen-bond donors (Lipinski definition) is 2. The van der Waals surface area contributed by atoms with Gasteiger partial charge in [-0.25, -0.2) is 0 Å². The first-order chi connectivity index (χ1) is 8.44. The van der Waals surface area contributed by atoms with Crippen LogP contribution in [-0.2, 0) is 4.79 Å². The lowest BCUT2D eigenvalue weighted by atomic mass is 10.00. The number of nitrogens with two attached hydrogens (primary N) is 1.